The molecule has 3 aromatic rings. The highest BCUT2D eigenvalue weighted by atomic mass is 19.4. The highest BCUT2D eigenvalue weighted by molar-refractivity contribution is 6.51. The largest absolute Gasteiger partial charge is 0.507 e. The zero-order valence-corrected chi connectivity index (χ0v) is 18.4. The van der Waals surface area contributed by atoms with Crippen molar-refractivity contribution >= 4 is 34.5 Å². The Morgan fingerprint density at radius 2 is 1.49 bits per heavy atom. The standard InChI is InChI=1S/C24H14F3N3O7/c25-24(26,27)15-4-2-5-17(12-15)28-20(14-3-1-6-18(11-14)30(36)37)19(22(32)23(28)33)21(31)13-7-9-16(10-8-13)29(34)35/h1-12,20,31H/b21-19+. The maximum Gasteiger partial charge on any atom is 0.416 e. The van der Waals surface area contributed by atoms with Crippen LogP contribution in [0.25, 0.3) is 5.76 Å². The van der Waals surface area contributed by atoms with E-state index in [4.69, 9.17) is 0 Å². The Kier molecular flexibility index (Phi) is 6.21. The van der Waals surface area contributed by atoms with E-state index in [1.807, 2.05) is 0 Å². The topological polar surface area (TPSA) is 144 Å². The smallest absolute Gasteiger partial charge is 0.416 e. The van der Waals surface area contributed by atoms with E-state index in [9.17, 15) is 48.1 Å². The summed E-state index contributed by atoms with van der Waals surface area (Å²) in [4.78, 5) is 47.7. The molecule has 1 N–H and O–H groups in total. The van der Waals surface area contributed by atoms with Gasteiger partial charge in [0.1, 0.15) is 5.76 Å². The number of non-ortho nitro benzene ring substituents is 2. The minimum atomic E-state index is -4.77. The summed E-state index contributed by atoms with van der Waals surface area (Å²) >= 11 is 0. The monoisotopic (exact) mass is 513 g/mol. The lowest BCUT2D eigenvalue weighted by Crippen LogP contribution is -2.29. The lowest BCUT2D eigenvalue weighted by Gasteiger charge is -2.26. The lowest BCUT2D eigenvalue weighted by atomic mass is 9.94. The number of hydrogen-bond donors (Lipinski definition) is 1. The van der Waals surface area contributed by atoms with Gasteiger partial charge in [-0.15, -0.1) is 0 Å². The number of Topliss-reactive ketones (excluding diaryl/α,β-unsaturated/α-hetero) is 1. The van der Waals surface area contributed by atoms with E-state index in [-0.39, 0.29) is 22.5 Å². The second-order valence-electron chi connectivity index (χ2n) is 7.87. The predicted octanol–water partition coefficient (Wildman–Crippen LogP) is 5.15. The molecule has 10 nitrogen and oxygen atoms in total. The molecule has 1 saturated heterocycles. The van der Waals surface area contributed by atoms with E-state index < -0.39 is 56.3 Å². The van der Waals surface area contributed by atoms with Crippen LogP contribution < -0.4 is 4.90 Å². The van der Waals surface area contributed by atoms with Crippen LogP contribution in [0, 0.1) is 20.2 Å². The molecule has 0 radical (unpaired) electrons. The fourth-order valence-electron chi connectivity index (χ4n) is 3.95. The minimum Gasteiger partial charge on any atom is -0.507 e. The third-order valence-corrected chi connectivity index (χ3v) is 5.64. The van der Waals surface area contributed by atoms with Crippen LogP contribution in [0.1, 0.15) is 22.7 Å². The second-order valence-corrected chi connectivity index (χ2v) is 7.87. The van der Waals surface area contributed by atoms with Gasteiger partial charge in [0.05, 0.1) is 27.0 Å². The number of rotatable bonds is 5. The summed E-state index contributed by atoms with van der Waals surface area (Å²) in [6.45, 7) is 0. The van der Waals surface area contributed by atoms with Gasteiger partial charge in [0.25, 0.3) is 23.1 Å². The van der Waals surface area contributed by atoms with Gasteiger partial charge >= 0.3 is 6.18 Å². The van der Waals surface area contributed by atoms with Crippen molar-refractivity contribution < 1.29 is 37.7 Å². The van der Waals surface area contributed by atoms with Crippen molar-refractivity contribution in [1.82, 2.24) is 0 Å². The molecule has 1 fully saturated rings. The number of carbonyl (C=O) groups excluding carboxylic acids is 2. The molecule has 4 rings (SSSR count). The first-order valence-corrected chi connectivity index (χ1v) is 10.4. The van der Waals surface area contributed by atoms with Crippen molar-refractivity contribution in [3.8, 4) is 0 Å². The average molecular weight is 513 g/mol. The number of carbonyl (C=O) groups is 2. The summed E-state index contributed by atoms with van der Waals surface area (Å²) in [5.74, 6) is -3.30. The number of aliphatic hydroxyl groups is 1. The summed E-state index contributed by atoms with van der Waals surface area (Å²) in [5.41, 5.74) is -2.89. The van der Waals surface area contributed by atoms with Crippen molar-refractivity contribution in [3.05, 3.63) is 115 Å². The Labute approximate surface area is 205 Å². The number of ketones is 1. The van der Waals surface area contributed by atoms with Gasteiger partial charge in [0, 0.05) is 35.5 Å². The molecule has 1 heterocycles. The Balaban J connectivity index is 1.96. The molecular formula is C24H14F3N3O7. The number of nitro groups is 2. The van der Waals surface area contributed by atoms with Crippen LogP contribution in [-0.2, 0) is 15.8 Å². The van der Waals surface area contributed by atoms with Gasteiger partial charge in [-0.05, 0) is 35.9 Å². The highest BCUT2D eigenvalue weighted by Crippen LogP contribution is 2.44. The van der Waals surface area contributed by atoms with Crippen molar-refractivity contribution in [2.24, 2.45) is 0 Å². The van der Waals surface area contributed by atoms with E-state index in [0.29, 0.717) is 11.0 Å². The number of nitrogens with zero attached hydrogens (tertiary/aromatic N) is 3. The maximum absolute atomic E-state index is 13.4. The number of amides is 1. The first-order valence-electron chi connectivity index (χ1n) is 10.4. The van der Waals surface area contributed by atoms with Crippen molar-refractivity contribution in [2.45, 2.75) is 12.2 Å². The Bertz CT molecular complexity index is 1480. The quantitative estimate of drug-likeness (QED) is 0.163. The van der Waals surface area contributed by atoms with Crippen LogP contribution in [0.4, 0.5) is 30.2 Å². The maximum atomic E-state index is 13.4. The number of hydrogen-bond acceptors (Lipinski definition) is 7. The Morgan fingerprint density at radius 3 is 2.08 bits per heavy atom. The molecule has 188 valence electrons. The van der Waals surface area contributed by atoms with Crippen LogP contribution in [-0.4, -0.2) is 26.6 Å². The van der Waals surface area contributed by atoms with Crippen molar-refractivity contribution in [3.63, 3.8) is 0 Å². The van der Waals surface area contributed by atoms with Crippen LogP contribution >= 0.6 is 0 Å². The molecule has 1 aliphatic heterocycles. The van der Waals surface area contributed by atoms with Crippen LogP contribution in [0.2, 0.25) is 0 Å². The van der Waals surface area contributed by atoms with E-state index >= 15 is 0 Å². The Hall–Kier alpha value is -5.07. The van der Waals surface area contributed by atoms with Gasteiger partial charge in [0.2, 0.25) is 0 Å². The fourth-order valence-corrected chi connectivity index (χ4v) is 3.95. The van der Waals surface area contributed by atoms with Crippen molar-refractivity contribution in [1.29, 1.82) is 0 Å². The zero-order chi connectivity index (χ0) is 27.1. The Morgan fingerprint density at radius 1 is 0.865 bits per heavy atom. The van der Waals surface area contributed by atoms with Crippen molar-refractivity contribution in [2.75, 3.05) is 4.90 Å². The summed E-state index contributed by atoms with van der Waals surface area (Å²) < 4.78 is 40.1. The number of anilines is 1. The fraction of sp³-hybridized carbons (Fsp3) is 0.0833. The van der Waals surface area contributed by atoms with Crippen LogP contribution in [0.5, 0.6) is 0 Å². The molecule has 13 heteroatoms. The molecule has 1 unspecified atom stereocenters. The van der Waals surface area contributed by atoms with Gasteiger partial charge < -0.3 is 5.11 Å². The van der Waals surface area contributed by atoms with Gasteiger partial charge in [-0.2, -0.15) is 13.2 Å². The molecule has 0 aliphatic carbocycles. The molecule has 1 amide bonds. The molecular weight excluding hydrogens is 499 g/mol. The summed E-state index contributed by atoms with van der Waals surface area (Å²) in [7, 11) is 0. The molecule has 0 bridgehead atoms. The highest BCUT2D eigenvalue weighted by Gasteiger charge is 2.47. The summed E-state index contributed by atoms with van der Waals surface area (Å²) in [6.07, 6.45) is -4.77. The summed E-state index contributed by atoms with van der Waals surface area (Å²) in [5, 5.41) is 33.3. The van der Waals surface area contributed by atoms with Crippen LogP contribution in [0.15, 0.2) is 78.4 Å². The van der Waals surface area contributed by atoms with Gasteiger partial charge in [0.15, 0.2) is 0 Å². The first kappa shape index (κ1) is 25.0. The molecule has 0 aromatic heterocycles. The van der Waals surface area contributed by atoms with E-state index in [1.165, 1.54) is 12.1 Å². The van der Waals surface area contributed by atoms with Gasteiger partial charge in [-0.1, -0.05) is 18.2 Å². The molecule has 1 aliphatic rings. The third kappa shape index (κ3) is 4.61. The molecule has 0 saturated carbocycles. The molecule has 3 aromatic carbocycles. The van der Waals surface area contributed by atoms with Crippen LogP contribution in [0.3, 0.4) is 0 Å². The molecule has 1 atom stereocenters. The van der Waals surface area contributed by atoms with E-state index in [2.05, 4.69) is 0 Å². The molecule has 0 spiro atoms. The number of benzene rings is 3. The van der Waals surface area contributed by atoms with Gasteiger partial charge in [-0.3, -0.25) is 34.7 Å². The number of nitro benzene ring substituents is 2. The number of aliphatic hydroxyl groups excluding tert-OH is 1. The zero-order valence-electron chi connectivity index (χ0n) is 18.4. The third-order valence-electron chi connectivity index (χ3n) is 5.64. The van der Waals surface area contributed by atoms with Gasteiger partial charge in [-0.25, -0.2) is 0 Å². The SMILES string of the molecule is O=C1C(=O)N(c2cccc(C(F)(F)F)c2)C(c2cccc([N+](=O)[O-])c2)/C1=C(\O)c1ccc([N+](=O)[O-])cc1. The minimum absolute atomic E-state index is 0.0331. The molecule has 37 heavy (non-hydrogen) atoms. The first-order chi connectivity index (χ1) is 17.4. The van der Waals surface area contributed by atoms with E-state index in [1.54, 1.807) is 0 Å². The number of alkyl halides is 3. The number of halogens is 3. The second kappa shape index (κ2) is 9.18. The average Bonchev–Trinajstić information content (AvgIpc) is 3.13. The van der Waals surface area contributed by atoms with E-state index in [0.717, 1.165) is 54.6 Å². The predicted molar refractivity (Wildman–Crippen MR) is 122 cm³/mol. The summed E-state index contributed by atoms with van der Waals surface area (Å²) in [6, 6.07) is 11.1. The lowest BCUT2D eigenvalue weighted by molar-refractivity contribution is -0.385. The normalized spacial score (nSPS) is 17.2.